The van der Waals surface area contributed by atoms with Crippen LogP contribution < -0.4 is 5.32 Å². The van der Waals surface area contributed by atoms with Crippen LogP contribution in [0.1, 0.15) is 16.8 Å². The van der Waals surface area contributed by atoms with Gasteiger partial charge in [-0.15, -0.1) is 0 Å². The SMILES string of the molecule is O=C(CCN1C(=O)c2ccccc2S1(=O)=O)NCCS. The fourth-order valence-corrected chi connectivity index (χ4v) is 3.62. The molecule has 0 bridgehead atoms. The smallest absolute Gasteiger partial charge is 0.269 e. The lowest BCUT2D eigenvalue weighted by molar-refractivity contribution is -0.120. The molecule has 0 radical (unpaired) electrons. The Balaban J connectivity index is 2.12. The van der Waals surface area contributed by atoms with Crippen molar-refractivity contribution in [2.75, 3.05) is 18.8 Å². The average Bonchev–Trinajstić information content (AvgIpc) is 2.63. The second-order valence-electron chi connectivity index (χ2n) is 4.20. The normalized spacial score (nSPS) is 16.1. The standard InChI is InChI=1S/C12H14N2O4S2/c15-11(13-6-8-19)5-7-14-12(16)9-3-1-2-4-10(9)20(14,17)18/h1-4,19H,5-8H2,(H,13,15). The highest BCUT2D eigenvalue weighted by Gasteiger charge is 2.40. The fraction of sp³-hybridized carbons (Fsp3) is 0.333. The van der Waals surface area contributed by atoms with Gasteiger partial charge in [0.25, 0.3) is 15.9 Å². The lowest BCUT2D eigenvalue weighted by Gasteiger charge is -2.14. The number of benzene rings is 1. The molecule has 0 spiro atoms. The summed E-state index contributed by atoms with van der Waals surface area (Å²) >= 11 is 3.95. The van der Waals surface area contributed by atoms with Gasteiger partial charge in [0.1, 0.15) is 4.90 Å². The molecular formula is C12H14N2O4S2. The second kappa shape index (κ2) is 5.84. The van der Waals surface area contributed by atoms with Gasteiger partial charge in [0, 0.05) is 25.3 Å². The van der Waals surface area contributed by atoms with E-state index in [0.717, 1.165) is 4.31 Å². The first-order valence-corrected chi connectivity index (χ1v) is 8.09. The van der Waals surface area contributed by atoms with E-state index >= 15 is 0 Å². The first-order valence-electron chi connectivity index (χ1n) is 6.02. The van der Waals surface area contributed by atoms with Gasteiger partial charge in [-0.25, -0.2) is 12.7 Å². The number of fused-ring (bicyclic) bond motifs is 1. The van der Waals surface area contributed by atoms with Crippen molar-refractivity contribution in [1.29, 1.82) is 0 Å². The molecule has 0 saturated carbocycles. The van der Waals surface area contributed by atoms with Gasteiger partial charge >= 0.3 is 0 Å². The minimum absolute atomic E-state index is 0.000710. The predicted molar refractivity (Wildman–Crippen MR) is 76.1 cm³/mol. The number of nitrogens with one attached hydrogen (secondary N) is 1. The van der Waals surface area contributed by atoms with E-state index in [9.17, 15) is 18.0 Å². The summed E-state index contributed by atoms with van der Waals surface area (Å²) in [5.41, 5.74) is 0.156. The molecule has 1 N–H and O–H groups in total. The molecule has 0 fully saturated rings. The van der Waals surface area contributed by atoms with Crippen molar-refractivity contribution in [2.45, 2.75) is 11.3 Å². The molecule has 0 atom stereocenters. The molecule has 6 nitrogen and oxygen atoms in total. The Morgan fingerprint density at radius 2 is 2.00 bits per heavy atom. The molecule has 1 aromatic rings. The van der Waals surface area contributed by atoms with Gasteiger partial charge in [-0.1, -0.05) is 12.1 Å². The number of thiol groups is 1. The Labute approximate surface area is 122 Å². The van der Waals surface area contributed by atoms with Crippen molar-refractivity contribution in [3.8, 4) is 0 Å². The topological polar surface area (TPSA) is 83.6 Å². The van der Waals surface area contributed by atoms with Crippen LogP contribution in [-0.2, 0) is 14.8 Å². The largest absolute Gasteiger partial charge is 0.355 e. The Kier molecular flexibility index (Phi) is 4.34. The van der Waals surface area contributed by atoms with Crippen LogP contribution in [0.15, 0.2) is 29.2 Å². The molecule has 0 aromatic heterocycles. The van der Waals surface area contributed by atoms with E-state index in [1.165, 1.54) is 12.1 Å². The van der Waals surface area contributed by atoms with E-state index in [0.29, 0.717) is 12.3 Å². The van der Waals surface area contributed by atoms with Crippen LogP contribution in [0.4, 0.5) is 0 Å². The van der Waals surface area contributed by atoms with Crippen LogP contribution in [-0.4, -0.2) is 43.4 Å². The molecular weight excluding hydrogens is 300 g/mol. The van der Waals surface area contributed by atoms with Crippen molar-refractivity contribution in [3.05, 3.63) is 29.8 Å². The van der Waals surface area contributed by atoms with Crippen LogP contribution in [0.3, 0.4) is 0 Å². The van der Waals surface area contributed by atoms with Gasteiger partial charge < -0.3 is 5.32 Å². The maximum atomic E-state index is 12.2. The lowest BCUT2D eigenvalue weighted by Crippen LogP contribution is -2.35. The molecule has 0 aliphatic carbocycles. The van der Waals surface area contributed by atoms with E-state index < -0.39 is 15.9 Å². The maximum absolute atomic E-state index is 12.2. The first-order chi connectivity index (χ1) is 9.48. The minimum Gasteiger partial charge on any atom is -0.355 e. The van der Waals surface area contributed by atoms with Gasteiger partial charge in [0.05, 0.1) is 5.56 Å². The summed E-state index contributed by atoms with van der Waals surface area (Å²) in [4.78, 5) is 23.5. The van der Waals surface area contributed by atoms with E-state index in [4.69, 9.17) is 0 Å². The Bertz CT molecular complexity index is 643. The predicted octanol–water partition coefficient (Wildman–Crippen LogP) is 0.267. The Morgan fingerprint density at radius 1 is 1.30 bits per heavy atom. The van der Waals surface area contributed by atoms with Crippen LogP contribution in [0, 0.1) is 0 Å². The highest BCUT2D eigenvalue weighted by atomic mass is 32.2. The van der Waals surface area contributed by atoms with E-state index in [-0.39, 0.29) is 29.3 Å². The minimum atomic E-state index is -3.82. The number of hydrogen-bond donors (Lipinski definition) is 2. The fourth-order valence-electron chi connectivity index (χ4n) is 1.94. The van der Waals surface area contributed by atoms with Gasteiger partial charge in [-0.05, 0) is 12.1 Å². The summed E-state index contributed by atoms with van der Waals surface area (Å²) < 4.78 is 25.1. The zero-order valence-electron chi connectivity index (χ0n) is 10.6. The summed E-state index contributed by atoms with van der Waals surface area (Å²) in [6, 6.07) is 6.03. The zero-order chi connectivity index (χ0) is 14.8. The van der Waals surface area contributed by atoms with Crippen molar-refractivity contribution < 1.29 is 18.0 Å². The number of amides is 2. The third-order valence-corrected chi connectivity index (χ3v) is 4.95. The summed E-state index contributed by atoms with van der Waals surface area (Å²) in [6.07, 6.45) is -0.0628. The van der Waals surface area contributed by atoms with Gasteiger partial charge in [0.2, 0.25) is 5.91 Å². The first kappa shape index (κ1) is 14.9. The monoisotopic (exact) mass is 314 g/mol. The van der Waals surface area contributed by atoms with E-state index in [1.54, 1.807) is 12.1 Å². The van der Waals surface area contributed by atoms with Gasteiger partial charge in [-0.2, -0.15) is 12.6 Å². The quantitative estimate of drug-likeness (QED) is 0.764. The maximum Gasteiger partial charge on any atom is 0.269 e. The highest BCUT2D eigenvalue weighted by molar-refractivity contribution is 7.90. The number of nitrogens with zero attached hydrogens (tertiary/aromatic N) is 1. The van der Waals surface area contributed by atoms with Crippen molar-refractivity contribution in [1.82, 2.24) is 9.62 Å². The second-order valence-corrected chi connectivity index (χ2v) is 6.48. The van der Waals surface area contributed by atoms with Crippen LogP contribution in [0.2, 0.25) is 0 Å². The van der Waals surface area contributed by atoms with Gasteiger partial charge in [-0.3, -0.25) is 9.59 Å². The van der Waals surface area contributed by atoms with Crippen molar-refractivity contribution in [2.24, 2.45) is 0 Å². The molecule has 2 amide bonds. The molecule has 20 heavy (non-hydrogen) atoms. The Hall–Kier alpha value is -1.54. The number of carbonyl (C=O) groups excluding carboxylic acids is 2. The highest BCUT2D eigenvalue weighted by Crippen LogP contribution is 2.29. The molecule has 1 aliphatic rings. The Morgan fingerprint density at radius 3 is 2.65 bits per heavy atom. The molecule has 2 rings (SSSR count). The summed E-state index contributed by atoms with van der Waals surface area (Å²) in [6.45, 7) is 0.247. The average molecular weight is 314 g/mol. The molecule has 1 heterocycles. The molecule has 0 saturated heterocycles. The number of sulfonamides is 1. The molecule has 1 aliphatic heterocycles. The van der Waals surface area contributed by atoms with E-state index in [1.807, 2.05) is 0 Å². The van der Waals surface area contributed by atoms with Crippen LogP contribution in [0.5, 0.6) is 0 Å². The third kappa shape index (κ3) is 2.66. The summed E-state index contributed by atoms with van der Waals surface area (Å²) in [5, 5.41) is 2.57. The van der Waals surface area contributed by atoms with Crippen LogP contribution in [0.25, 0.3) is 0 Å². The van der Waals surface area contributed by atoms with Crippen molar-refractivity contribution >= 4 is 34.5 Å². The summed E-state index contributed by atoms with van der Waals surface area (Å²) in [5.74, 6) is -0.390. The van der Waals surface area contributed by atoms with E-state index in [2.05, 4.69) is 17.9 Å². The molecule has 1 aromatic carbocycles. The number of carbonyl (C=O) groups is 2. The summed E-state index contributed by atoms with van der Waals surface area (Å²) in [7, 11) is -3.82. The molecule has 108 valence electrons. The number of rotatable bonds is 5. The number of hydrogen-bond acceptors (Lipinski definition) is 5. The van der Waals surface area contributed by atoms with Gasteiger partial charge in [0.15, 0.2) is 0 Å². The van der Waals surface area contributed by atoms with Crippen molar-refractivity contribution in [3.63, 3.8) is 0 Å². The zero-order valence-corrected chi connectivity index (χ0v) is 12.3. The third-order valence-electron chi connectivity index (χ3n) is 2.89. The molecule has 8 heteroatoms. The molecule has 0 unspecified atom stereocenters. The van der Waals surface area contributed by atoms with Crippen LogP contribution >= 0.6 is 12.6 Å². The lowest BCUT2D eigenvalue weighted by atomic mass is 10.2.